The first kappa shape index (κ1) is 22.8. The number of nitrogens with zero attached hydrogens (tertiary/aromatic N) is 2. The van der Waals surface area contributed by atoms with Crippen LogP contribution in [0.25, 0.3) is 0 Å². The van der Waals surface area contributed by atoms with Crippen LogP contribution < -0.4 is 10.3 Å². The third-order valence-corrected chi connectivity index (χ3v) is 5.08. The van der Waals surface area contributed by atoms with Gasteiger partial charge in [-0.2, -0.15) is 0 Å². The lowest BCUT2D eigenvalue weighted by atomic mass is 10.0. The van der Waals surface area contributed by atoms with E-state index >= 15 is 0 Å². The summed E-state index contributed by atoms with van der Waals surface area (Å²) in [6.45, 7) is 3.08. The van der Waals surface area contributed by atoms with Gasteiger partial charge in [-0.15, -0.1) is 11.6 Å². The maximum Gasteiger partial charge on any atom is 0.361 e. The smallest absolute Gasteiger partial charge is 0.361 e. The van der Waals surface area contributed by atoms with Crippen molar-refractivity contribution in [3.05, 3.63) is 57.8 Å². The van der Waals surface area contributed by atoms with Gasteiger partial charge in [-0.25, -0.2) is 9.78 Å². The van der Waals surface area contributed by atoms with E-state index in [4.69, 9.17) is 30.5 Å². The standard InChI is InChI=1S/C21H23ClN2O7/c1-3-28-19(27)16-17(29-11-15-7-5-4-6-8-15)18(26)24-9-10-31-21(12-22,20(24)23-16)13-30-14(2)25/h4-8H,3,9-13H2,1-2H3. The molecule has 31 heavy (non-hydrogen) atoms. The van der Waals surface area contributed by atoms with Gasteiger partial charge in [0, 0.05) is 6.92 Å². The Balaban J connectivity index is 2.09. The molecule has 1 unspecified atom stereocenters. The molecule has 0 saturated carbocycles. The molecule has 9 nitrogen and oxygen atoms in total. The summed E-state index contributed by atoms with van der Waals surface area (Å²) in [7, 11) is 0. The van der Waals surface area contributed by atoms with Gasteiger partial charge in [-0.1, -0.05) is 30.3 Å². The molecule has 1 aromatic carbocycles. The van der Waals surface area contributed by atoms with Crippen molar-refractivity contribution in [2.75, 3.05) is 25.7 Å². The molecule has 1 aliphatic heterocycles. The van der Waals surface area contributed by atoms with Crippen LogP contribution in [0, 0.1) is 0 Å². The number of hydrogen-bond acceptors (Lipinski definition) is 8. The molecule has 0 fully saturated rings. The van der Waals surface area contributed by atoms with Gasteiger partial charge in [-0.05, 0) is 12.5 Å². The van der Waals surface area contributed by atoms with Crippen molar-refractivity contribution in [1.29, 1.82) is 0 Å². The van der Waals surface area contributed by atoms with Crippen LogP contribution in [0.1, 0.15) is 35.7 Å². The number of benzene rings is 1. The molecular formula is C21H23ClN2O7. The second-order valence-electron chi connectivity index (χ2n) is 6.82. The third kappa shape index (κ3) is 4.88. The molecule has 1 aromatic heterocycles. The van der Waals surface area contributed by atoms with Gasteiger partial charge < -0.3 is 18.9 Å². The minimum Gasteiger partial charge on any atom is -0.481 e. The number of halogens is 1. The summed E-state index contributed by atoms with van der Waals surface area (Å²) in [5, 5.41) is 0. The Bertz CT molecular complexity index is 1010. The Labute approximate surface area is 183 Å². The van der Waals surface area contributed by atoms with Gasteiger partial charge in [0.1, 0.15) is 19.0 Å². The van der Waals surface area contributed by atoms with Crippen molar-refractivity contribution in [2.24, 2.45) is 0 Å². The molecule has 0 amide bonds. The van der Waals surface area contributed by atoms with Gasteiger partial charge in [0.05, 0.1) is 25.6 Å². The molecule has 0 aliphatic carbocycles. The zero-order chi connectivity index (χ0) is 22.4. The Morgan fingerprint density at radius 1 is 1.26 bits per heavy atom. The fourth-order valence-corrected chi connectivity index (χ4v) is 3.42. The number of fused-ring (bicyclic) bond motifs is 1. The number of hydrogen-bond donors (Lipinski definition) is 0. The summed E-state index contributed by atoms with van der Waals surface area (Å²) in [4.78, 5) is 41.6. The molecule has 0 radical (unpaired) electrons. The summed E-state index contributed by atoms with van der Waals surface area (Å²) >= 11 is 6.16. The number of carbonyl (C=O) groups is 2. The molecule has 2 heterocycles. The van der Waals surface area contributed by atoms with Crippen molar-refractivity contribution in [2.45, 2.75) is 32.6 Å². The Morgan fingerprint density at radius 2 is 2.00 bits per heavy atom. The Hall–Kier alpha value is -2.91. The van der Waals surface area contributed by atoms with E-state index in [2.05, 4.69) is 4.98 Å². The van der Waals surface area contributed by atoms with Gasteiger partial charge in [0.2, 0.25) is 5.75 Å². The second-order valence-corrected chi connectivity index (χ2v) is 7.09. The lowest BCUT2D eigenvalue weighted by molar-refractivity contribution is -0.157. The van der Waals surface area contributed by atoms with Crippen LogP contribution in [0.5, 0.6) is 5.75 Å². The van der Waals surface area contributed by atoms with Crippen LogP contribution in [-0.2, 0) is 37.8 Å². The molecule has 0 spiro atoms. The van der Waals surface area contributed by atoms with Crippen LogP contribution in [0.15, 0.2) is 35.1 Å². The monoisotopic (exact) mass is 450 g/mol. The van der Waals surface area contributed by atoms with Gasteiger partial charge in [0.25, 0.3) is 5.56 Å². The molecular weight excluding hydrogens is 428 g/mol. The Morgan fingerprint density at radius 3 is 2.65 bits per heavy atom. The molecule has 2 aromatic rings. The minimum atomic E-state index is -1.39. The highest BCUT2D eigenvalue weighted by atomic mass is 35.5. The van der Waals surface area contributed by atoms with Crippen LogP contribution in [0.4, 0.5) is 0 Å². The summed E-state index contributed by atoms with van der Waals surface area (Å²) < 4.78 is 23.0. The average Bonchev–Trinajstić information content (AvgIpc) is 2.77. The maximum absolute atomic E-state index is 13.3. The van der Waals surface area contributed by atoms with Crippen LogP contribution in [-0.4, -0.2) is 47.2 Å². The number of esters is 2. The first-order valence-corrected chi connectivity index (χ1v) is 10.3. The first-order chi connectivity index (χ1) is 14.9. The van der Waals surface area contributed by atoms with Gasteiger partial charge >= 0.3 is 11.9 Å². The fourth-order valence-electron chi connectivity index (χ4n) is 3.15. The van der Waals surface area contributed by atoms with E-state index in [0.29, 0.717) is 0 Å². The fraction of sp³-hybridized carbons (Fsp3) is 0.429. The summed E-state index contributed by atoms with van der Waals surface area (Å²) in [5.41, 5.74) is -1.42. The van der Waals surface area contributed by atoms with E-state index in [1.165, 1.54) is 11.5 Å². The van der Waals surface area contributed by atoms with Crippen molar-refractivity contribution in [1.82, 2.24) is 9.55 Å². The molecule has 0 saturated heterocycles. The lowest BCUT2D eigenvalue weighted by Crippen LogP contribution is -2.49. The zero-order valence-corrected chi connectivity index (χ0v) is 18.0. The quantitative estimate of drug-likeness (QED) is 0.444. The van der Waals surface area contributed by atoms with E-state index in [1.807, 2.05) is 30.3 Å². The zero-order valence-electron chi connectivity index (χ0n) is 17.3. The maximum atomic E-state index is 13.3. The summed E-state index contributed by atoms with van der Waals surface area (Å²) in [5.74, 6) is -1.65. The SMILES string of the molecule is CCOC(=O)c1nc2n(c(=O)c1OCc1ccccc1)CCOC2(CCl)COC(C)=O. The van der Waals surface area contributed by atoms with E-state index in [1.54, 1.807) is 6.92 Å². The number of aromatic nitrogens is 2. The normalized spacial score (nSPS) is 17.5. The van der Waals surface area contributed by atoms with Crippen molar-refractivity contribution in [3.63, 3.8) is 0 Å². The van der Waals surface area contributed by atoms with Crippen molar-refractivity contribution >= 4 is 23.5 Å². The average molecular weight is 451 g/mol. The van der Waals surface area contributed by atoms with Crippen molar-refractivity contribution < 1.29 is 28.5 Å². The van der Waals surface area contributed by atoms with Gasteiger partial charge in [-0.3, -0.25) is 14.2 Å². The predicted molar refractivity (Wildman–Crippen MR) is 110 cm³/mol. The summed E-state index contributed by atoms with van der Waals surface area (Å²) in [6, 6.07) is 9.20. The van der Waals surface area contributed by atoms with E-state index in [9.17, 15) is 14.4 Å². The van der Waals surface area contributed by atoms with Crippen LogP contribution in [0.3, 0.4) is 0 Å². The second kappa shape index (κ2) is 9.93. The van der Waals surface area contributed by atoms with Gasteiger partial charge in [0.15, 0.2) is 11.3 Å². The van der Waals surface area contributed by atoms with E-state index in [0.717, 1.165) is 5.56 Å². The third-order valence-electron chi connectivity index (χ3n) is 4.65. The molecule has 0 bridgehead atoms. The van der Waals surface area contributed by atoms with E-state index < -0.39 is 23.1 Å². The number of ether oxygens (including phenoxy) is 4. The van der Waals surface area contributed by atoms with Crippen LogP contribution >= 0.6 is 11.6 Å². The number of alkyl halides is 1. The number of carbonyl (C=O) groups excluding carboxylic acids is 2. The molecule has 3 rings (SSSR count). The predicted octanol–water partition coefficient (Wildman–Crippen LogP) is 2.03. The lowest BCUT2D eigenvalue weighted by Gasteiger charge is -2.36. The highest BCUT2D eigenvalue weighted by Crippen LogP contribution is 2.31. The van der Waals surface area contributed by atoms with Crippen LogP contribution in [0.2, 0.25) is 0 Å². The molecule has 166 valence electrons. The molecule has 0 N–H and O–H groups in total. The first-order valence-electron chi connectivity index (χ1n) is 9.74. The largest absolute Gasteiger partial charge is 0.481 e. The van der Waals surface area contributed by atoms with Crippen molar-refractivity contribution in [3.8, 4) is 5.75 Å². The molecule has 1 atom stereocenters. The molecule has 1 aliphatic rings. The van der Waals surface area contributed by atoms with E-state index in [-0.39, 0.29) is 56.1 Å². The Kier molecular flexibility index (Phi) is 7.29. The topological polar surface area (TPSA) is 106 Å². The number of rotatable bonds is 8. The summed E-state index contributed by atoms with van der Waals surface area (Å²) in [6.07, 6.45) is 0. The minimum absolute atomic E-state index is 0.0636. The molecule has 10 heteroatoms. The highest BCUT2D eigenvalue weighted by molar-refractivity contribution is 6.18. The highest BCUT2D eigenvalue weighted by Gasteiger charge is 2.43.